The van der Waals surface area contributed by atoms with E-state index in [1.165, 1.54) is 16.9 Å². The molecule has 0 spiro atoms. The summed E-state index contributed by atoms with van der Waals surface area (Å²) in [5.41, 5.74) is 2.17. The standard InChI is InChI=1S/C17H16BrN3OS/c18-13-8-9-14-15(11-13)23-17(20-14)21-16(22)19-10-4-7-12-5-2-1-3-6-12/h1-3,5-6,8-9,11H,4,7,10H2,(H2,19,20,21,22). The van der Waals surface area contributed by atoms with Crippen LogP contribution in [0.1, 0.15) is 12.0 Å². The van der Waals surface area contributed by atoms with E-state index in [9.17, 15) is 4.79 Å². The third-order valence-electron chi connectivity index (χ3n) is 3.34. The molecule has 4 nitrogen and oxygen atoms in total. The monoisotopic (exact) mass is 389 g/mol. The number of benzene rings is 2. The number of thiazole rings is 1. The Hall–Kier alpha value is -1.92. The first-order valence-corrected chi connectivity index (χ1v) is 8.96. The van der Waals surface area contributed by atoms with Crippen LogP contribution in [0.5, 0.6) is 0 Å². The number of fused-ring (bicyclic) bond motifs is 1. The number of anilines is 1. The molecule has 0 aliphatic rings. The number of urea groups is 1. The van der Waals surface area contributed by atoms with E-state index >= 15 is 0 Å². The molecule has 1 aromatic heterocycles. The summed E-state index contributed by atoms with van der Waals surface area (Å²) in [6, 6.07) is 15.9. The molecular weight excluding hydrogens is 374 g/mol. The van der Waals surface area contributed by atoms with Gasteiger partial charge in [-0.1, -0.05) is 57.6 Å². The van der Waals surface area contributed by atoms with Gasteiger partial charge in [0.1, 0.15) is 0 Å². The summed E-state index contributed by atoms with van der Waals surface area (Å²) in [5.74, 6) is 0. The molecule has 0 bridgehead atoms. The molecule has 1 heterocycles. The number of aryl methyl sites for hydroxylation is 1. The second-order valence-electron chi connectivity index (χ2n) is 5.10. The van der Waals surface area contributed by atoms with Gasteiger partial charge in [0.15, 0.2) is 5.13 Å². The molecule has 0 atom stereocenters. The molecule has 0 radical (unpaired) electrons. The highest BCUT2D eigenvalue weighted by Gasteiger charge is 2.07. The Labute approximate surface area is 147 Å². The van der Waals surface area contributed by atoms with Crippen molar-refractivity contribution in [2.75, 3.05) is 11.9 Å². The SMILES string of the molecule is O=C(NCCCc1ccccc1)Nc1nc2ccc(Br)cc2s1. The van der Waals surface area contributed by atoms with Crippen LogP contribution in [0, 0.1) is 0 Å². The Morgan fingerprint density at radius 1 is 1.17 bits per heavy atom. The van der Waals surface area contributed by atoms with Crippen molar-refractivity contribution in [2.45, 2.75) is 12.8 Å². The van der Waals surface area contributed by atoms with Crippen LogP contribution in [-0.2, 0) is 6.42 Å². The maximum absolute atomic E-state index is 11.9. The molecule has 0 unspecified atom stereocenters. The lowest BCUT2D eigenvalue weighted by Gasteiger charge is -2.05. The van der Waals surface area contributed by atoms with E-state index in [4.69, 9.17) is 0 Å². The zero-order valence-electron chi connectivity index (χ0n) is 12.4. The lowest BCUT2D eigenvalue weighted by atomic mass is 10.1. The maximum atomic E-state index is 11.9. The first-order valence-electron chi connectivity index (χ1n) is 7.35. The Bertz CT molecular complexity index is 804. The van der Waals surface area contributed by atoms with Crippen LogP contribution in [0.3, 0.4) is 0 Å². The van der Waals surface area contributed by atoms with Gasteiger partial charge in [0, 0.05) is 11.0 Å². The zero-order chi connectivity index (χ0) is 16.1. The molecular formula is C17H16BrN3OS. The van der Waals surface area contributed by atoms with Gasteiger partial charge in [0.05, 0.1) is 10.2 Å². The summed E-state index contributed by atoms with van der Waals surface area (Å²) in [6.45, 7) is 0.636. The number of nitrogens with one attached hydrogen (secondary N) is 2. The average Bonchev–Trinajstić information content (AvgIpc) is 2.94. The number of halogens is 1. The number of rotatable bonds is 5. The molecule has 2 N–H and O–H groups in total. The molecule has 0 saturated carbocycles. The molecule has 0 aliphatic carbocycles. The normalized spacial score (nSPS) is 10.7. The molecule has 3 rings (SSSR count). The van der Waals surface area contributed by atoms with Crippen molar-refractivity contribution in [3.63, 3.8) is 0 Å². The third kappa shape index (κ3) is 4.53. The van der Waals surface area contributed by atoms with Crippen LogP contribution in [-0.4, -0.2) is 17.6 Å². The van der Waals surface area contributed by atoms with Gasteiger partial charge < -0.3 is 5.32 Å². The number of hydrogen-bond donors (Lipinski definition) is 2. The van der Waals surface area contributed by atoms with E-state index in [1.54, 1.807) is 0 Å². The van der Waals surface area contributed by atoms with Crippen LogP contribution in [0.4, 0.5) is 9.93 Å². The highest BCUT2D eigenvalue weighted by Crippen LogP contribution is 2.28. The van der Waals surface area contributed by atoms with Gasteiger partial charge in [-0.15, -0.1) is 0 Å². The van der Waals surface area contributed by atoms with Crippen molar-refractivity contribution in [1.82, 2.24) is 10.3 Å². The minimum Gasteiger partial charge on any atom is -0.338 e. The van der Waals surface area contributed by atoms with Crippen molar-refractivity contribution in [3.8, 4) is 0 Å². The second kappa shape index (κ2) is 7.57. The van der Waals surface area contributed by atoms with E-state index < -0.39 is 0 Å². The van der Waals surface area contributed by atoms with Crippen molar-refractivity contribution in [1.29, 1.82) is 0 Å². The zero-order valence-corrected chi connectivity index (χ0v) is 14.8. The Morgan fingerprint density at radius 3 is 2.83 bits per heavy atom. The van der Waals surface area contributed by atoms with Crippen molar-refractivity contribution >= 4 is 48.6 Å². The van der Waals surface area contributed by atoms with E-state index in [0.717, 1.165) is 27.5 Å². The fourth-order valence-corrected chi connectivity index (χ4v) is 3.65. The molecule has 0 fully saturated rings. The predicted molar refractivity (Wildman–Crippen MR) is 99.1 cm³/mol. The average molecular weight is 390 g/mol. The number of hydrogen-bond acceptors (Lipinski definition) is 3. The van der Waals surface area contributed by atoms with E-state index in [1.807, 2.05) is 36.4 Å². The molecule has 2 amide bonds. The van der Waals surface area contributed by atoms with Gasteiger partial charge in [-0.2, -0.15) is 0 Å². The fourth-order valence-electron chi connectivity index (χ4n) is 2.23. The molecule has 0 saturated heterocycles. The Balaban J connectivity index is 1.46. The predicted octanol–water partition coefficient (Wildman–Crippen LogP) is 4.81. The van der Waals surface area contributed by atoms with Crippen molar-refractivity contribution < 1.29 is 4.79 Å². The lowest BCUT2D eigenvalue weighted by molar-refractivity contribution is 0.252. The highest BCUT2D eigenvalue weighted by molar-refractivity contribution is 9.10. The van der Waals surface area contributed by atoms with Crippen LogP contribution in [0.25, 0.3) is 10.2 Å². The summed E-state index contributed by atoms with van der Waals surface area (Å²) in [6.07, 6.45) is 1.86. The Kier molecular flexibility index (Phi) is 5.25. The van der Waals surface area contributed by atoms with Gasteiger partial charge >= 0.3 is 6.03 Å². The number of amides is 2. The summed E-state index contributed by atoms with van der Waals surface area (Å²) in [5, 5.41) is 6.27. The second-order valence-corrected chi connectivity index (χ2v) is 7.05. The molecule has 2 aromatic carbocycles. The minimum absolute atomic E-state index is 0.212. The molecule has 118 valence electrons. The smallest absolute Gasteiger partial charge is 0.321 e. The quantitative estimate of drug-likeness (QED) is 0.614. The van der Waals surface area contributed by atoms with Crippen LogP contribution in [0.15, 0.2) is 53.0 Å². The number of carbonyl (C=O) groups excluding carboxylic acids is 1. The van der Waals surface area contributed by atoms with Crippen molar-refractivity contribution in [2.24, 2.45) is 0 Å². The van der Waals surface area contributed by atoms with E-state index in [2.05, 4.69) is 43.7 Å². The number of carbonyl (C=O) groups is 1. The topological polar surface area (TPSA) is 54.0 Å². The number of aromatic nitrogens is 1. The Morgan fingerprint density at radius 2 is 2.00 bits per heavy atom. The van der Waals surface area contributed by atoms with E-state index in [0.29, 0.717) is 11.7 Å². The molecule has 6 heteroatoms. The largest absolute Gasteiger partial charge is 0.338 e. The van der Waals surface area contributed by atoms with Gasteiger partial charge in [-0.25, -0.2) is 9.78 Å². The third-order valence-corrected chi connectivity index (χ3v) is 4.77. The van der Waals surface area contributed by atoms with Gasteiger partial charge in [0.2, 0.25) is 0 Å². The highest BCUT2D eigenvalue weighted by atomic mass is 79.9. The number of nitrogens with zero attached hydrogens (tertiary/aromatic N) is 1. The summed E-state index contributed by atoms with van der Waals surface area (Å²) >= 11 is 4.90. The van der Waals surface area contributed by atoms with Gasteiger partial charge in [-0.3, -0.25) is 5.32 Å². The maximum Gasteiger partial charge on any atom is 0.321 e. The summed E-state index contributed by atoms with van der Waals surface area (Å²) in [4.78, 5) is 16.3. The fraction of sp³-hybridized carbons (Fsp3) is 0.176. The van der Waals surface area contributed by atoms with Crippen LogP contribution in [0.2, 0.25) is 0 Å². The molecule has 0 aliphatic heterocycles. The van der Waals surface area contributed by atoms with Crippen LogP contribution < -0.4 is 10.6 Å². The first kappa shape index (κ1) is 16.0. The van der Waals surface area contributed by atoms with Crippen LogP contribution >= 0.6 is 27.3 Å². The van der Waals surface area contributed by atoms with Crippen molar-refractivity contribution in [3.05, 3.63) is 58.6 Å². The molecule has 3 aromatic rings. The lowest BCUT2D eigenvalue weighted by Crippen LogP contribution is -2.29. The first-order chi connectivity index (χ1) is 11.2. The van der Waals surface area contributed by atoms with Gasteiger partial charge in [-0.05, 0) is 36.6 Å². The summed E-state index contributed by atoms with van der Waals surface area (Å²) < 4.78 is 2.05. The van der Waals surface area contributed by atoms with Gasteiger partial charge in [0.25, 0.3) is 0 Å². The van der Waals surface area contributed by atoms with E-state index in [-0.39, 0.29) is 6.03 Å². The summed E-state index contributed by atoms with van der Waals surface area (Å²) in [7, 11) is 0. The molecule has 23 heavy (non-hydrogen) atoms. The minimum atomic E-state index is -0.212.